The van der Waals surface area contributed by atoms with Crippen molar-refractivity contribution in [1.29, 1.82) is 0 Å². The average Bonchev–Trinajstić information content (AvgIpc) is 3.12. The Morgan fingerprint density at radius 1 is 0.706 bits per heavy atom. The summed E-state index contributed by atoms with van der Waals surface area (Å²) in [4.78, 5) is 46.8. The van der Waals surface area contributed by atoms with Gasteiger partial charge in [0.25, 0.3) is 0 Å². The molecule has 0 spiro atoms. The Labute approximate surface area is 290 Å². The quantitative estimate of drug-likeness (QED) is 0.119. The van der Waals surface area contributed by atoms with Crippen molar-refractivity contribution < 1.29 is 48.0 Å². The van der Waals surface area contributed by atoms with Gasteiger partial charge in [-0.3, -0.25) is 9.59 Å². The second-order valence-corrected chi connectivity index (χ2v) is 11.2. The van der Waals surface area contributed by atoms with Crippen LogP contribution in [0.25, 0.3) is 44.6 Å². The summed E-state index contributed by atoms with van der Waals surface area (Å²) in [7, 11) is 0. The van der Waals surface area contributed by atoms with E-state index >= 15 is 0 Å². The maximum atomic E-state index is 12.4. The summed E-state index contributed by atoms with van der Waals surface area (Å²) in [6, 6.07) is 25.2. The third kappa shape index (κ3) is 9.06. The molecule has 0 fully saturated rings. The van der Waals surface area contributed by atoms with Crippen molar-refractivity contribution in [2.75, 3.05) is 26.4 Å². The van der Waals surface area contributed by atoms with Crippen LogP contribution < -0.4 is 20.3 Å². The Kier molecular flexibility index (Phi) is 11.6. The zero-order valence-corrected chi connectivity index (χ0v) is 27.7. The summed E-state index contributed by atoms with van der Waals surface area (Å²) in [6.07, 6.45) is -0.633. The predicted molar refractivity (Wildman–Crippen MR) is 189 cm³/mol. The summed E-state index contributed by atoms with van der Waals surface area (Å²) in [6.45, 7) is 5.28. The van der Waals surface area contributed by atoms with E-state index in [4.69, 9.17) is 33.3 Å². The molecule has 2 heterocycles. The molecule has 6 aromatic rings. The highest BCUT2D eigenvalue weighted by Crippen LogP contribution is 2.31. The van der Waals surface area contributed by atoms with Crippen molar-refractivity contribution in [3.05, 3.63) is 129 Å². The first-order valence-electron chi connectivity index (χ1n) is 15.9. The molecule has 0 radical (unpaired) electrons. The third-order valence-corrected chi connectivity index (χ3v) is 7.42. The first-order valence-corrected chi connectivity index (χ1v) is 15.9. The largest absolute Gasteiger partial charge is 0.491 e. The number of aliphatic hydroxyl groups excluding tert-OH is 1. The molecule has 12 heteroatoms. The fraction of sp³-hybridized carbons (Fsp3) is 0.179. The van der Waals surface area contributed by atoms with Gasteiger partial charge in [0.2, 0.25) is 0 Å². The minimum absolute atomic E-state index is 0.0215. The van der Waals surface area contributed by atoms with Crippen LogP contribution in [-0.2, 0) is 4.74 Å². The SMILES string of the molecule is CC(O)COc1ccccc1-c1cc(=O)c2cc(C(=O)O)ccc2o1.CCOCCOc1ccc(-c2cc(=O)c3cc(C(=O)O)ccc3o2)cc1. The Morgan fingerprint density at radius 2 is 1.27 bits per heavy atom. The minimum Gasteiger partial charge on any atom is -0.491 e. The van der Waals surface area contributed by atoms with Crippen LogP contribution in [0.4, 0.5) is 0 Å². The topological polar surface area (TPSA) is 183 Å². The summed E-state index contributed by atoms with van der Waals surface area (Å²) in [5.41, 5.74) is 1.37. The Morgan fingerprint density at radius 3 is 1.84 bits per heavy atom. The fourth-order valence-electron chi connectivity index (χ4n) is 4.94. The molecule has 3 N–H and O–H groups in total. The zero-order valence-electron chi connectivity index (χ0n) is 27.7. The number of carbonyl (C=O) groups is 2. The molecule has 0 bridgehead atoms. The average molecular weight is 695 g/mol. The number of carboxylic acid groups (broad SMARTS) is 2. The Bertz CT molecular complexity index is 2280. The molecular formula is C39H34O12. The minimum atomic E-state index is -1.11. The van der Waals surface area contributed by atoms with Crippen molar-refractivity contribution in [1.82, 2.24) is 0 Å². The normalized spacial score (nSPS) is 11.4. The van der Waals surface area contributed by atoms with Crippen LogP contribution >= 0.6 is 0 Å². The molecule has 6 rings (SSSR count). The van der Waals surface area contributed by atoms with E-state index in [1.807, 2.05) is 6.92 Å². The first kappa shape index (κ1) is 36.1. The maximum Gasteiger partial charge on any atom is 0.335 e. The highest BCUT2D eigenvalue weighted by Gasteiger charge is 2.14. The lowest BCUT2D eigenvalue weighted by Gasteiger charge is -2.12. The van der Waals surface area contributed by atoms with Gasteiger partial charge in [0.15, 0.2) is 10.9 Å². The van der Waals surface area contributed by atoms with E-state index in [1.54, 1.807) is 55.5 Å². The molecule has 1 unspecified atom stereocenters. The molecule has 4 aromatic carbocycles. The Balaban J connectivity index is 0.000000198. The van der Waals surface area contributed by atoms with E-state index in [-0.39, 0.29) is 44.9 Å². The van der Waals surface area contributed by atoms with Crippen LogP contribution in [0, 0.1) is 0 Å². The van der Waals surface area contributed by atoms with Gasteiger partial charge in [-0.15, -0.1) is 0 Å². The molecule has 262 valence electrons. The molecule has 0 saturated heterocycles. The smallest absolute Gasteiger partial charge is 0.335 e. The van der Waals surface area contributed by atoms with Gasteiger partial charge in [-0.1, -0.05) is 12.1 Å². The number of fused-ring (bicyclic) bond motifs is 2. The van der Waals surface area contributed by atoms with Gasteiger partial charge in [0.1, 0.15) is 47.4 Å². The number of rotatable bonds is 12. The number of para-hydroxylation sites is 1. The molecule has 51 heavy (non-hydrogen) atoms. The monoisotopic (exact) mass is 694 g/mol. The molecule has 0 saturated carbocycles. The number of aliphatic hydroxyl groups is 1. The van der Waals surface area contributed by atoms with Crippen LogP contribution in [0.1, 0.15) is 34.6 Å². The molecule has 0 aliphatic heterocycles. The van der Waals surface area contributed by atoms with Gasteiger partial charge >= 0.3 is 11.9 Å². The highest BCUT2D eigenvalue weighted by molar-refractivity contribution is 5.94. The second-order valence-electron chi connectivity index (χ2n) is 11.2. The van der Waals surface area contributed by atoms with Gasteiger partial charge in [-0.05, 0) is 86.6 Å². The van der Waals surface area contributed by atoms with Gasteiger partial charge in [-0.25, -0.2) is 9.59 Å². The number of hydrogen-bond acceptors (Lipinski definition) is 10. The van der Waals surface area contributed by atoms with Crippen molar-refractivity contribution in [2.45, 2.75) is 20.0 Å². The second kappa shape index (κ2) is 16.4. The van der Waals surface area contributed by atoms with Crippen LogP contribution in [0.5, 0.6) is 11.5 Å². The molecule has 2 aromatic heterocycles. The number of carboxylic acids is 2. The Hall–Kier alpha value is -6.24. The van der Waals surface area contributed by atoms with Gasteiger partial charge in [0, 0.05) is 24.3 Å². The zero-order chi connectivity index (χ0) is 36.5. The van der Waals surface area contributed by atoms with E-state index < -0.39 is 18.0 Å². The van der Waals surface area contributed by atoms with E-state index in [9.17, 15) is 24.3 Å². The first-order chi connectivity index (χ1) is 24.5. The lowest BCUT2D eigenvalue weighted by atomic mass is 10.1. The van der Waals surface area contributed by atoms with Crippen LogP contribution in [0.3, 0.4) is 0 Å². The number of ether oxygens (including phenoxy) is 3. The molecule has 0 amide bonds. The van der Waals surface area contributed by atoms with Crippen LogP contribution in [-0.4, -0.2) is 59.8 Å². The lowest BCUT2D eigenvalue weighted by molar-refractivity contribution is 0.0686. The summed E-state index contributed by atoms with van der Waals surface area (Å²) in [5.74, 6) is -0.304. The van der Waals surface area contributed by atoms with E-state index in [2.05, 4.69) is 0 Å². The van der Waals surface area contributed by atoms with E-state index in [0.29, 0.717) is 54.0 Å². The highest BCUT2D eigenvalue weighted by atomic mass is 16.5. The summed E-state index contributed by atoms with van der Waals surface area (Å²) in [5, 5.41) is 27.9. The van der Waals surface area contributed by atoms with Gasteiger partial charge in [-0.2, -0.15) is 0 Å². The molecular weight excluding hydrogens is 660 g/mol. The summed E-state index contributed by atoms with van der Waals surface area (Å²) >= 11 is 0. The number of benzene rings is 4. The molecule has 12 nitrogen and oxygen atoms in total. The van der Waals surface area contributed by atoms with E-state index in [1.165, 1.54) is 48.5 Å². The lowest BCUT2D eigenvalue weighted by Crippen LogP contribution is -2.13. The van der Waals surface area contributed by atoms with Gasteiger partial charge in [0.05, 0.1) is 40.2 Å². The standard InChI is InChI=1S/C20H18O6.C19H16O6/c1-2-24-9-10-25-15-6-3-13(4-7-15)19-12-17(21)16-11-14(20(22)23)5-8-18(16)26-19;1-11(20)10-24-16-5-3-2-4-13(16)18-9-15(21)14-8-12(19(22)23)6-7-17(14)25-18/h3-8,11-12H,2,9-10H2,1H3,(H,22,23);2-9,11,20H,10H2,1H3,(H,22,23). The van der Waals surface area contributed by atoms with Crippen molar-refractivity contribution >= 4 is 33.9 Å². The fourth-order valence-corrected chi connectivity index (χ4v) is 4.94. The van der Waals surface area contributed by atoms with Crippen LogP contribution in [0.2, 0.25) is 0 Å². The molecule has 1 atom stereocenters. The van der Waals surface area contributed by atoms with E-state index in [0.717, 1.165) is 5.56 Å². The molecule has 0 aliphatic rings. The predicted octanol–water partition coefficient (Wildman–Crippen LogP) is 6.49. The van der Waals surface area contributed by atoms with Crippen molar-refractivity contribution in [2.24, 2.45) is 0 Å². The summed E-state index contributed by atoms with van der Waals surface area (Å²) < 4.78 is 27.9. The van der Waals surface area contributed by atoms with Crippen molar-refractivity contribution in [3.63, 3.8) is 0 Å². The third-order valence-electron chi connectivity index (χ3n) is 7.42. The van der Waals surface area contributed by atoms with Crippen LogP contribution in [0.15, 0.2) is 115 Å². The molecule has 0 aliphatic carbocycles. The maximum absolute atomic E-state index is 12.4. The van der Waals surface area contributed by atoms with Gasteiger partial charge < -0.3 is 38.4 Å². The van der Waals surface area contributed by atoms with Crippen molar-refractivity contribution in [3.8, 4) is 34.1 Å². The number of hydrogen-bond donors (Lipinski definition) is 3. The number of aromatic carboxylic acids is 2.